The third-order valence-electron chi connectivity index (χ3n) is 3.37. The number of hydrogen-bond donors (Lipinski definition) is 1. The highest BCUT2D eigenvalue weighted by molar-refractivity contribution is 7.15. The molecular weight excluding hydrogens is 314 g/mol. The number of carbonyl (C=O) groups is 1. The summed E-state index contributed by atoms with van der Waals surface area (Å²) in [6.45, 7) is 5.71. The van der Waals surface area contributed by atoms with Crippen LogP contribution in [0.15, 0.2) is 27.4 Å². The molecule has 2 aromatic heterocycles. The van der Waals surface area contributed by atoms with Crippen LogP contribution in [0.2, 0.25) is 0 Å². The molecule has 3 rings (SSSR count). The Bertz CT molecular complexity index is 959. The Labute approximate surface area is 136 Å². The van der Waals surface area contributed by atoms with E-state index in [2.05, 4.69) is 15.5 Å². The van der Waals surface area contributed by atoms with Crippen molar-refractivity contribution in [3.8, 4) is 0 Å². The molecule has 7 heteroatoms. The fourth-order valence-corrected chi connectivity index (χ4v) is 3.00. The van der Waals surface area contributed by atoms with E-state index in [9.17, 15) is 9.59 Å². The molecule has 1 N–H and O–H groups in total. The second-order valence-corrected chi connectivity index (χ2v) is 6.30. The van der Waals surface area contributed by atoms with Crippen molar-refractivity contribution < 1.29 is 9.21 Å². The molecule has 23 heavy (non-hydrogen) atoms. The third-order valence-corrected chi connectivity index (χ3v) is 4.36. The van der Waals surface area contributed by atoms with E-state index in [0.717, 1.165) is 22.6 Å². The molecular formula is C16H15N3O3S. The molecule has 6 nitrogen and oxygen atoms in total. The zero-order chi connectivity index (χ0) is 16.6. The van der Waals surface area contributed by atoms with Gasteiger partial charge >= 0.3 is 0 Å². The monoisotopic (exact) mass is 329 g/mol. The van der Waals surface area contributed by atoms with Gasteiger partial charge in [-0.3, -0.25) is 14.9 Å². The number of aromatic nitrogens is 2. The maximum Gasteiger partial charge on any atom is 0.293 e. The first-order chi connectivity index (χ1) is 11.0. The topological polar surface area (TPSA) is 85.1 Å². The zero-order valence-electron chi connectivity index (χ0n) is 13.0. The molecule has 118 valence electrons. The number of nitrogens with zero attached hydrogens (tertiary/aromatic N) is 2. The molecule has 0 aliphatic heterocycles. The average molecular weight is 329 g/mol. The van der Waals surface area contributed by atoms with E-state index in [0.29, 0.717) is 16.1 Å². The molecule has 0 radical (unpaired) electrons. The number of anilines is 1. The molecule has 1 aromatic carbocycles. The van der Waals surface area contributed by atoms with E-state index < -0.39 is 5.91 Å². The van der Waals surface area contributed by atoms with Crippen LogP contribution in [0.3, 0.4) is 0 Å². The van der Waals surface area contributed by atoms with Gasteiger partial charge in [-0.05, 0) is 37.5 Å². The van der Waals surface area contributed by atoms with Gasteiger partial charge in [-0.1, -0.05) is 24.3 Å². The van der Waals surface area contributed by atoms with Crippen LogP contribution >= 0.6 is 11.3 Å². The molecule has 0 aliphatic carbocycles. The molecule has 2 heterocycles. The summed E-state index contributed by atoms with van der Waals surface area (Å²) in [5.41, 5.74) is 1.98. The van der Waals surface area contributed by atoms with E-state index in [1.807, 2.05) is 26.8 Å². The lowest BCUT2D eigenvalue weighted by atomic mass is 10.1. The lowest BCUT2D eigenvalue weighted by molar-refractivity contribution is 0.0997. The summed E-state index contributed by atoms with van der Waals surface area (Å²) in [5, 5.41) is 12.1. The molecule has 0 unspecified atom stereocenters. The number of benzene rings is 1. The van der Waals surface area contributed by atoms with Crippen molar-refractivity contribution >= 4 is 33.3 Å². The van der Waals surface area contributed by atoms with Crippen molar-refractivity contribution in [3.05, 3.63) is 50.3 Å². The van der Waals surface area contributed by atoms with Gasteiger partial charge in [0, 0.05) is 6.07 Å². The Morgan fingerprint density at radius 2 is 2.04 bits per heavy atom. The van der Waals surface area contributed by atoms with E-state index >= 15 is 0 Å². The molecule has 0 bridgehead atoms. The molecule has 0 fully saturated rings. The molecule has 0 atom stereocenters. The summed E-state index contributed by atoms with van der Waals surface area (Å²) in [6.07, 6.45) is 0.747. The summed E-state index contributed by atoms with van der Waals surface area (Å²) in [6, 6.07) is 4.87. The second kappa shape index (κ2) is 5.92. The summed E-state index contributed by atoms with van der Waals surface area (Å²) in [4.78, 5) is 24.5. The smallest absolute Gasteiger partial charge is 0.293 e. The van der Waals surface area contributed by atoms with Crippen molar-refractivity contribution in [3.63, 3.8) is 0 Å². The lowest BCUT2D eigenvalue weighted by Gasteiger charge is -2.06. The van der Waals surface area contributed by atoms with Crippen molar-refractivity contribution in [2.24, 2.45) is 0 Å². The van der Waals surface area contributed by atoms with Crippen LogP contribution in [0.5, 0.6) is 0 Å². The van der Waals surface area contributed by atoms with Crippen LogP contribution in [0.25, 0.3) is 11.0 Å². The fraction of sp³-hybridized carbons (Fsp3) is 0.250. The normalized spacial score (nSPS) is 10.9. The standard InChI is InChI=1S/C16H15N3O3S/c1-4-13-18-19-16(23-13)17-15(21)12-7-11(20)10-6-8(2)5-9(3)14(10)22-12/h5-7H,4H2,1-3H3,(H,17,19,21). The quantitative estimate of drug-likeness (QED) is 0.798. The predicted octanol–water partition coefficient (Wildman–Crippen LogP) is 3.08. The number of aryl methyl sites for hydroxylation is 3. The van der Waals surface area contributed by atoms with Crippen molar-refractivity contribution in [2.45, 2.75) is 27.2 Å². The molecule has 1 amide bonds. The average Bonchev–Trinajstić information content (AvgIpc) is 2.95. The first-order valence-electron chi connectivity index (χ1n) is 7.16. The first-order valence-corrected chi connectivity index (χ1v) is 7.98. The number of rotatable bonds is 3. The molecule has 0 saturated heterocycles. The SMILES string of the molecule is CCc1nnc(NC(=O)c2cc(=O)c3cc(C)cc(C)c3o2)s1. The van der Waals surface area contributed by atoms with Gasteiger partial charge in [0.2, 0.25) is 5.13 Å². The number of hydrogen-bond acceptors (Lipinski definition) is 6. The summed E-state index contributed by atoms with van der Waals surface area (Å²) < 4.78 is 5.64. The van der Waals surface area contributed by atoms with E-state index in [1.165, 1.54) is 17.4 Å². The van der Waals surface area contributed by atoms with Crippen molar-refractivity contribution in [2.75, 3.05) is 5.32 Å². The van der Waals surface area contributed by atoms with E-state index in [4.69, 9.17) is 4.42 Å². The minimum Gasteiger partial charge on any atom is -0.450 e. The third kappa shape index (κ3) is 3.00. The number of carbonyl (C=O) groups excluding carboxylic acids is 1. The van der Waals surface area contributed by atoms with Gasteiger partial charge in [-0.25, -0.2) is 0 Å². The van der Waals surface area contributed by atoms with Crippen molar-refractivity contribution in [1.29, 1.82) is 0 Å². The molecule has 0 saturated carbocycles. The highest BCUT2D eigenvalue weighted by Crippen LogP contribution is 2.20. The van der Waals surface area contributed by atoms with Crippen LogP contribution in [0.1, 0.15) is 33.6 Å². The maximum absolute atomic E-state index is 12.3. The van der Waals surface area contributed by atoms with Gasteiger partial charge in [0.1, 0.15) is 10.6 Å². The second-order valence-electron chi connectivity index (χ2n) is 5.24. The Kier molecular flexibility index (Phi) is 3.96. The minimum atomic E-state index is -0.511. The van der Waals surface area contributed by atoms with Crippen LogP contribution < -0.4 is 10.7 Å². The zero-order valence-corrected chi connectivity index (χ0v) is 13.8. The van der Waals surface area contributed by atoms with Crippen molar-refractivity contribution in [1.82, 2.24) is 10.2 Å². The highest BCUT2D eigenvalue weighted by atomic mass is 32.1. The summed E-state index contributed by atoms with van der Waals surface area (Å²) in [7, 11) is 0. The van der Waals surface area contributed by atoms with Crippen LogP contribution in [-0.4, -0.2) is 16.1 Å². The lowest BCUT2D eigenvalue weighted by Crippen LogP contribution is -2.15. The molecule has 0 spiro atoms. The summed E-state index contributed by atoms with van der Waals surface area (Å²) >= 11 is 1.29. The van der Waals surface area contributed by atoms with Gasteiger partial charge in [-0.15, -0.1) is 10.2 Å². The largest absolute Gasteiger partial charge is 0.450 e. The Hall–Kier alpha value is -2.54. The van der Waals surface area contributed by atoms with Crippen LogP contribution in [0.4, 0.5) is 5.13 Å². The summed E-state index contributed by atoms with van der Waals surface area (Å²) in [5.74, 6) is -0.550. The molecule has 0 aliphatic rings. The van der Waals surface area contributed by atoms with Crippen LogP contribution in [0, 0.1) is 13.8 Å². The predicted molar refractivity (Wildman–Crippen MR) is 89.2 cm³/mol. The highest BCUT2D eigenvalue weighted by Gasteiger charge is 2.15. The van der Waals surface area contributed by atoms with Gasteiger partial charge in [0.15, 0.2) is 11.2 Å². The first kappa shape index (κ1) is 15.4. The van der Waals surface area contributed by atoms with E-state index in [-0.39, 0.29) is 11.2 Å². The van der Waals surface area contributed by atoms with Gasteiger partial charge in [0.25, 0.3) is 5.91 Å². The van der Waals surface area contributed by atoms with Gasteiger partial charge < -0.3 is 4.42 Å². The number of amides is 1. The fourth-order valence-electron chi connectivity index (χ4n) is 2.33. The number of fused-ring (bicyclic) bond motifs is 1. The van der Waals surface area contributed by atoms with Gasteiger partial charge in [0.05, 0.1) is 5.39 Å². The Morgan fingerprint density at radius 3 is 2.74 bits per heavy atom. The molecule has 3 aromatic rings. The van der Waals surface area contributed by atoms with Crippen LogP contribution in [-0.2, 0) is 6.42 Å². The van der Waals surface area contributed by atoms with E-state index in [1.54, 1.807) is 6.07 Å². The Balaban J connectivity index is 1.99. The number of nitrogens with one attached hydrogen (secondary N) is 1. The Morgan fingerprint density at radius 1 is 1.26 bits per heavy atom. The van der Waals surface area contributed by atoms with Gasteiger partial charge in [-0.2, -0.15) is 0 Å². The minimum absolute atomic E-state index is 0.0392. The maximum atomic E-state index is 12.3.